The molecule has 5 heteroatoms. The molecule has 0 spiro atoms. The molecule has 0 unspecified atom stereocenters. The highest BCUT2D eigenvalue weighted by Gasteiger charge is 2.17. The third kappa shape index (κ3) is 49.3. The first-order valence-corrected chi connectivity index (χ1v) is 27.2. The summed E-state index contributed by atoms with van der Waals surface area (Å²) in [5.74, 6) is -0.385. The Morgan fingerprint density at radius 2 is 0.667 bits per heavy atom. The quantitative estimate of drug-likeness (QED) is 0.0347. The zero-order valence-corrected chi connectivity index (χ0v) is 41.0. The Morgan fingerprint density at radius 1 is 0.350 bits per heavy atom. The van der Waals surface area contributed by atoms with Crippen molar-refractivity contribution in [3.63, 3.8) is 0 Å². The first-order valence-electron chi connectivity index (χ1n) is 27.2. The third-order valence-corrected chi connectivity index (χ3v) is 12.3. The van der Waals surface area contributed by atoms with Gasteiger partial charge in [-0.05, 0) is 38.5 Å². The van der Waals surface area contributed by atoms with E-state index in [9.17, 15) is 9.59 Å². The van der Waals surface area contributed by atoms with Crippen molar-refractivity contribution in [2.45, 2.75) is 309 Å². The van der Waals surface area contributed by atoms with Crippen LogP contribution in [0.2, 0.25) is 0 Å². The van der Waals surface area contributed by atoms with E-state index >= 15 is 0 Å². The van der Waals surface area contributed by atoms with Gasteiger partial charge in [0.05, 0.1) is 6.61 Å². The van der Waals surface area contributed by atoms with Crippen LogP contribution in [0.15, 0.2) is 12.2 Å². The predicted octanol–water partition coefficient (Wildman–Crippen LogP) is 18.2. The van der Waals surface area contributed by atoms with Crippen LogP contribution in [-0.2, 0) is 23.8 Å². The molecule has 0 heterocycles. The van der Waals surface area contributed by atoms with Crippen molar-refractivity contribution in [2.75, 3.05) is 19.8 Å². The van der Waals surface area contributed by atoms with Gasteiger partial charge in [-0.15, -0.1) is 0 Å². The van der Waals surface area contributed by atoms with E-state index in [0.717, 1.165) is 44.9 Å². The molecule has 60 heavy (non-hydrogen) atoms. The number of ether oxygens (including phenoxy) is 3. The average Bonchev–Trinajstić information content (AvgIpc) is 3.25. The number of unbranched alkanes of at least 4 members (excludes halogenated alkanes) is 38. The maximum Gasteiger partial charge on any atom is 0.306 e. The molecule has 5 nitrogen and oxygen atoms in total. The van der Waals surface area contributed by atoms with E-state index in [-0.39, 0.29) is 18.5 Å². The molecule has 0 bridgehead atoms. The summed E-state index contributed by atoms with van der Waals surface area (Å²) in [5.41, 5.74) is 0. The lowest BCUT2D eigenvalue weighted by Crippen LogP contribution is -2.30. The van der Waals surface area contributed by atoms with Gasteiger partial charge in [-0.2, -0.15) is 0 Å². The standard InChI is InChI=1S/C55H106O5/c1-4-7-10-13-16-19-22-24-26-28-29-31-34-36-39-42-45-48-54(56)59-52-53(60-55(57)49-46-43-40-37-33-21-18-15-12-9-6-3)51-58-50-47-44-41-38-35-32-30-27-25-23-20-17-14-11-8-5-2/h15,18,53H,4-14,16-17,19-52H2,1-3H3/b18-15-/t53-/m1/s1. The Bertz CT molecular complexity index is 871. The minimum absolute atomic E-state index is 0.0915. The molecule has 0 aromatic carbocycles. The molecular formula is C55H106O5. The van der Waals surface area contributed by atoms with Gasteiger partial charge in [-0.25, -0.2) is 0 Å². The second-order valence-corrected chi connectivity index (χ2v) is 18.5. The molecule has 0 saturated carbocycles. The Labute approximate surface area is 375 Å². The second kappa shape index (κ2) is 52.0. The van der Waals surface area contributed by atoms with Gasteiger partial charge in [0.2, 0.25) is 0 Å². The first-order chi connectivity index (χ1) is 29.6. The predicted molar refractivity (Wildman–Crippen MR) is 261 cm³/mol. The topological polar surface area (TPSA) is 61.8 Å². The molecule has 0 aliphatic rings. The number of hydrogen-bond acceptors (Lipinski definition) is 5. The minimum Gasteiger partial charge on any atom is -0.462 e. The van der Waals surface area contributed by atoms with E-state index < -0.39 is 6.10 Å². The monoisotopic (exact) mass is 847 g/mol. The SMILES string of the molecule is CCCC/C=C\CCCCCCCC(=O)O[C@H](COCCCCCCCCCCCCCCCCCC)COC(=O)CCCCCCCCCCCCCCCCCCC. The molecule has 0 aliphatic heterocycles. The molecule has 0 amide bonds. The Balaban J connectivity index is 4.16. The maximum atomic E-state index is 12.8. The van der Waals surface area contributed by atoms with Crippen LogP contribution in [0.3, 0.4) is 0 Å². The number of allylic oxidation sites excluding steroid dienone is 2. The highest BCUT2D eigenvalue weighted by molar-refractivity contribution is 5.70. The molecule has 0 N–H and O–H groups in total. The van der Waals surface area contributed by atoms with Gasteiger partial charge in [-0.1, -0.05) is 264 Å². The van der Waals surface area contributed by atoms with E-state index in [1.807, 2.05) is 0 Å². The van der Waals surface area contributed by atoms with Crippen molar-refractivity contribution in [2.24, 2.45) is 0 Å². The van der Waals surface area contributed by atoms with Gasteiger partial charge in [0, 0.05) is 19.4 Å². The summed E-state index contributed by atoms with van der Waals surface area (Å²) in [6.07, 6.45) is 59.4. The van der Waals surface area contributed by atoms with E-state index in [2.05, 4.69) is 32.9 Å². The average molecular weight is 847 g/mol. The fraction of sp³-hybridized carbons (Fsp3) is 0.927. The number of carbonyl (C=O) groups excluding carboxylic acids is 2. The van der Waals surface area contributed by atoms with Crippen molar-refractivity contribution in [3.8, 4) is 0 Å². The smallest absolute Gasteiger partial charge is 0.306 e. The van der Waals surface area contributed by atoms with Crippen LogP contribution >= 0.6 is 0 Å². The van der Waals surface area contributed by atoms with Crippen molar-refractivity contribution in [3.05, 3.63) is 12.2 Å². The number of rotatable bonds is 51. The summed E-state index contributed by atoms with van der Waals surface area (Å²) >= 11 is 0. The fourth-order valence-electron chi connectivity index (χ4n) is 8.20. The minimum atomic E-state index is -0.530. The van der Waals surface area contributed by atoms with Crippen molar-refractivity contribution < 1.29 is 23.8 Å². The van der Waals surface area contributed by atoms with Crippen LogP contribution in [0, 0.1) is 0 Å². The maximum absolute atomic E-state index is 12.8. The van der Waals surface area contributed by atoms with Gasteiger partial charge in [-0.3, -0.25) is 9.59 Å². The van der Waals surface area contributed by atoms with Gasteiger partial charge in [0.1, 0.15) is 6.61 Å². The van der Waals surface area contributed by atoms with Crippen LogP contribution in [0.1, 0.15) is 303 Å². The van der Waals surface area contributed by atoms with Gasteiger partial charge >= 0.3 is 11.9 Å². The highest BCUT2D eigenvalue weighted by Crippen LogP contribution is 2.17. The van der Waals surface area contributed by atoms with Gasteiger partial charge in [0.25, 0.3) is 0 Å². The van der Waals surface area contributed by atoms with Crippen LogP contribution in [0.4, 0.5) is 0 Å². The molecular weight excluding hydrogens is 741 g/mol. The molecule has 0 aliphatic carbocycles. The highest BCUT2D eigenvalue weighted by atomic mass is 16.6. The summed E-state index contributed by atoms with van der Waals surface area (Å²) in [5, 5.41) is 0. The Hall–Kier alpha value is -1.36. The largest absolute Gasteiger partial charge is 0.462 e. The van der Waals surface area contributed by atoms with Crippen molar-refractivity contribution in [1.82, 2.24) is 0 Å². The zero-order chi connectivity index (χ0) is 43.5. The summed E-state index contributed by atoms with van der Waals surface area (Å²) in [6, 6.07) is 0. The summed E-state index contributed by atoms with van der Waals surface area (Å²) in [4.78, 5) is 25.4. The molecule has 0 saturated heterocycles. The van der Waals surface area contributed by atoms with Crippen molar-refractivity contribution >= 4 is 11.9 Å². The molecule has 0 radical (unpaired) electrons. The Kier molecular flexibility index (Phi) is 50.8. The van der Waals surface area contributed by atoms with Crippen molar-refractivity contribution in [1.29, 1.82) is 0 Å². The summed E-state index contributed by atoms with van der Waals surface area (Å²) < 4.78 is 17.4. The molecule has 1 atom stereocenters. The van der Waals surface area contributed by atoms with Crippen LogP contribution in [0.5, 0.6) is 0 Å². The molecule has 0 aromatic heterocycles. The Morgan fingerprint density at radius 3 is 1.07 bits per heavy atom. The molecule has 0 rings (SSSR count). The number of carbonyl (C=O) groups is 2. The van der Waals surface area contributed by atoms with Crippen LogP contribution < -0.4 is 0 Å². The van der Waals surface area contributed by atoms with E-state index in [0.29, 0.717) is 26.1 Å². The number of hydrogen-bond donors (Lipinski definition) is 0. The van der Waals surface area contributed by atoms with Gasteiger partial charge < -0.3 is 14.2 Å². The van der Waals surface area contributed by atoms with E-state index in [1.165, 1.54) is 225 Å². The first kappa shape index (κ1) is 58.6. The summed E-state index contributed by atoms with van der Waals surface area (Å²) in [6.45, 7) is 7.86. The van der Waals surface area contributed by atoms with E-state index in [1.54, 1.807) is 0 Å². The van der Waals surface area contributed by atoms with Crippen LogP contribution in [-0.4, -0.2) is 37.9 Å². The van der Waals surface area contributed by atoms with E-state index in [4.69, 9.17) is 14.2 Å². The number of esters is 2. The zero-order valence-electron chi connectivity index (χ0n) is 41.0. The van der Waals surface area contributed by atoms with Gasteiger partial charge in [0.15, 0.2) is 6.10 Å². The fourth-order valence-corrected chi connectivity index (χ4v) is 8.20. The lowest BCUT2D eigenvalue weighted by molar-refractivity contribution is -0.163. The second-order valence-electron chi connectivity index (χ2n) is 18.5. The lowest BCUT2D eigenvalue weighted by atomic mass is 10.0. The molecule has 0 aromatic rings. The lowest BCUT2D eigenvalue weighted by Gasteiger charge is -2.18. The summed E-state index contributed by atoms with van der Waals surface area (Å²) in [7, 11) is 0. The third-order valence-electron chi connectivity index (χ3n) is 12.3. The molecule has 0 fully saturated rings. The normalized spacial score (nSPS) is 12.1. The molecule has 356 valence electrons. The van der Waals surface area contributed by atoms with Crippen LogP contribution in [0.25, 0.3) is 0 Å².